The van der Waals surface area contributed by atoms with Gasteiger partial charge in [0.25, 0.3) is 0 Å². The molecule has 0 spiro atoms. The van der Waals surface area contributed by atoms with Crippen molar-refractivity contribution in [3.05, 3.63) is 0 Å². The number of likely N-dealkylation sites (tertiary alicyclic amines) is 1. The molecule has 0 aromatic rings. The van der Waals surface area contributed by atoms with E-state index in [1.54, 1.807) is 11.8 Å². The van der Waals surface area contributed by atoms with Gasteiger partial charge in [-0.15, -0.1) is 0 Å². The van der Waals surface area contributed by atoms with Gasteiger partial charge < -0.3 is 20.1 Å². The summed E-state index contributed by atoms with van der Waals surface area (Å²) in [4.78, 5) is 25.6. The first-order chi connectivity index (χ1) is 9.74. The number of nitrogens with zero attached hydrogens (tertiary/aromatic N) is 1. The second kappa shape index (κ2) is 5.83. The molecule has 0 bridgehead atoms. The van der Waals surface area contributed by atoms with Crippen LogP contribution in [-0.2, 0) is 9.53 Å². The Morgan fingerprint density at radius 1 is 1.24 bits per heavy atom. The molecule has 0 aliphatic carbocycles. The average Bonchev–Trinajstić information content (AvgIpc) is 2.66. The summed E-state index contributed by atoms with van der Waals surface area (Å²) in [5.41, 5.74) is -0.776. The van der Waals surface area contributed by atoms with E-state index in [0.29, 0.717) is 0 Å². The minimum Gasteiger partial charge on any atom is -0.481 e. The molecule has 0 aromatic heterocycles. The Balaban J connectivity index is 1.96. The van der Waals surface area contributed by atoms with Gasteiger partial charge in [0.05, 0.1) is 19.3 Å². The Bertz CT molecular complexity index is 424. The molecule has 2 amide bonds. The molecule has 0 aromatic carbocycles. The highest BCUT2D eigenvalue weighted by Crippen LogP contribution is 2.31. The molecule has 120 valence electrons. The van der Waals surface area contributed by atoms with Gasteiger partial charge in [-0.3, -0.25) is 4.79 Å². The minimum absolute atomic E-state index is 0.139. The quantitative estimate of drug-likeness (QED) is 0.813. The van der Waals surface area contributed by atoms with Crippen LogP contribution >= 0.6 is 0 Å². The van der Waals surface area contributed by atoms with Crippen LogP contribution in [-0.4, -0.2) is 54.4 Å². The van der Waals surface area contributed by atoms with E-state index in [2.05, 4.69) is 19.2 Å². The van der Waals surface area contributed by atoms with Gasteiger partial charge in [0.2, 0.25) is 0 Å². The fourth-order valence-corrected chi connectivity index (χ4v) is 2.95. The van der Waals surface area contributed by atoms with Gasteiger partial charge >= 0.3 is 12.0 Å². The zero-order valence-electron chi connectivity index (χ0n) is 13.1. The lowest BCUT2D eigenvalue weighted by Crippen LogP contribution is -2.53. The summed E-state index contributed by atoms with van der Waals surface area (Å²) < 4.78 is 5.27. The predicted octanol–water partition coefficient (Wildman–Crippen LogP) is 1.70. The van der Waals surface area contributed by atoms with Crippen molar-refractivity contribution in [2.75, 3.05) is 26.3 Å². The van der Waals surface area contributed by atoms with Crippen LogP contribution in [0.3, 0.4) is 0 Å². The highest BCUT2D eigenvalue weighted by molar-refractivity contribution is 5.79. The van der Waals surface area contributed by atoms with Crippen molar-refractivity contribution in [3.63, 3.8) is 0 Å². The molecule has 6 nitrogen and oxygen atoms in total. The SMILES string of the molecule is CC1(C)CCCN(C(=O)NC2COCC2(C)C(=O)O)CC1. The van der Waals surface area contributed by atoms with E-state index in [4.69, 9.17) is 4.74 Å². The van der Waals surface area contributed by atoms with Gasteiger partial charge in [-0.1, -0.05) is 13.8 Å². The number of ether oxygens (including phenoxy) is 1. The molecule has 2 aliphatic rings. The van der Waals surface area contributed by atoms with E-state index in [1.807, 2.05) is 0 Å². The Morgan fingerprint density at radius 2 is 1.95 bits per heavy atom. The maximum Gasteiger partial charge on any atom is 0.317 e. The molecule has 2 rings (SSSR count). The molecule has 2 aliphatic heterocycles. The summed E-state index contributed by atoms with van der Waals surface area (Å²) in [6.07, 6.45) is 3.06. The summed E-state index contributed by atoms with van der Waals surface area (Å²) in [5, 5.41) is 12.2. The van der Waals surface area contributed by atoms with E-state index < -0.39 is 17.4 Å². The maximum absolute atomic E-state index is 12.4. The molecule has 2 fully saturated rings. The lowest BCUT2D eigenvalue weighted by atomic mass is 9.85. The van der Waals surface area contributed by atoms with Crippen LogP contribution in [0.4, 0.5) is 4.79 Å². The monoisotopic (exact) mass is 298 g/mol. The third-order valence-corrected chi connectivity index (χ3v) is 4.87. The zero-order valence-corrected chi connectivity index (χ0v) is 13.1. The predicted molar refractivity (Wildman–Crippen MR) is 78.1 cm³/mol. The lowest BCUT2D eigenvalue weighted by molar-refractivity contribution is -0.148. The maximum atomic E-state index is 12.4. The lowest BCUT2D eigenvalue weighted by Gasteiger charge is -2.29. The van der Waals surface area contributed by atoms with Crippen LogP contribution in [0, 0.1) is 10.8 Å². The van der Waals surface area contributed by atoms with Crippen LogP contribution < -0.4 is 5.32 Å². The number of carbonyl (C=O) groups excluding carboxylic acids is 1. The molecule has 2 unspecified atom stereocenters. The molecule has 2 N–H and O–H groups in total. The van der Waals surface area contributed by atoms with Crippen LogP contribution in [0.2, 0.25) is 0 Å². The van der Waals surface area contributed by atoms with Crippen LogP contribution in [0.15, 0.2) is 0 Å². The summed E-state index contributed by atoms with van der Waals surface area (Å²) >= 11 is 0. The van der Waals surface area contributed by atoms with Crippen molar-refractivity contribution in [1.82, 2.24) is 10.2 Å². The standard InChI is InChI=1S/C15H26N2O4/c1-14(2)5-4-7-17(8-6-14)13(20)16-11-9-21-10-15(11,3)12(18)19/h11H,4-10H2,1-3H3,(H,16,20)(H,18,19). The van der Waals surface area contributed by atoms with Gasteiger partial charge in [-0.2, -0.15) is 0 Å². The summed E-state index contributed by atoms with van der Waals surface area (Å²) in [6.45, 7) is 7.91. The number of rotatable bonds is 2. The van der Waals surface area contributed by atoms with E-state index in [1.165, 1.54) is 0 Å². The molecule has 2 saturated heterocycles. The van der Waals surface area contributed by atoms with Crippen LogP contribution in [0.25, 0.3) is 0 Å². The zero-order chi connectivity index (χ0) is 15.7. The molecule has 0 saturated carbocycles. The number of aliphatic carboxylic acids is 1. The number of hydrogen-bond acceptors (Lipinski definition) is 3. The van der Waals surface area contributed by atoms with Crippen molar-refractivity contribution in [2.24, 2.45) is 10.8 Å². The Kier molecular flexibility index (Phi) is 4.46. The van der Waals surface area contributed by atoms with Crippen LogP contribution in [0.5, 0.6) is 0 Å². The highest BCUT2D eigenvalue weighted by Gasteiger charge is 2.47. The number of hydrogen-bond donors (Lipinski definition) is 2. The molecule has 6 heteroatoms. The number of carboxylic acids is 1. The average molecular weight is 298 g/mol. The normalized spacial score (nSPS) is 32.5. The number of amides is 2. The van der Waals surface area contributed by atoms with E-state index >= 15 is 0 Å². The number of urea groups is 1. The van der Waals surface area contributed by atoms with Gasteiger partial charge in [-0.05, 0) is 31.6 Å². The van der Waals surface area contributed by atoms with Gasteiger partial charge in [0, 0.05) is 13.1 Å². The molecular weight excluding hydrogens is 272 g/mol. The smallest absolute Gasteiger partial charge is 0.317 e. The van der Waals surface area contributed by atoms with Crippen molar-refractivity contribution >= 4 is 12.0 Å². The summed E-state index contributed by atoms with van der Waals surface area (Å²) in [5.74, 6) is -0.928. The number of carboxylic acid groups (broad SMARTS) is 1. The third kappa shape index (κ3) is 3.48. The van der Waals surface area contributed by atoms with Gasteiger partial charge in [0.1, 0.15) is 5.41 Å². The number of nitrogens with one attached hydrogen (secondary N) is 1. The molecular formula is C15H26N2O4. The Labute approximate surface area is 125 Å². The fourth-order valence-electron chi connectivity index (χ4n) is 2.95. The van der Waals surface area contributed by atoms with Crippen molar-refractivity contribution in [3.8, 4) is 0 Å². The van der Waals surface area contributed by atoms with E-state index in [-0.39, 0.29) is 24.7 Å². The van der Waals surface area contributed by atoms with E-state index in [9.17, 15) is 14.7 Å². The highest BCUT2D eigenvalue weighted by atomic mass is 16.5. The fraction of sp³-hybridized carbons (Fsp3) is 0.867. The largest absolute Gasteiger partial charge is 0.481 e. The van der Waals surface area contributed by atoms with E-state index in [0.717, 1.165) is 32.4 Å². The summed E-state index contributed by atoms with van der Waals surface area (Å²) in [7, 11) is 0. The number of carbonyl (C=O) groups is 2. The second-order valence-corrected chi connectivity index (χ2v) is 7.24. The Morgan fingerprint density at radius 3 is 2.62 bits per heavy atom. The van der Waals surface area contributed by atoms with Crippen molar-refractivity contribution in [1.29, 1.82) is 0 Å². The summed E-state index contributed by atoms with van der Waals surface area (Å²) in [6, 6.07) is -0.644. The van der Waals surface area contributed by atoms with Gasteiger partial charge in [-0.25, -0.2) is 4.79 Å². The second-order valence-electron chi connectivity index (χ2n) is 7.24. The Hall–Kier alpha value is -1.30. The van der Waals surface area contributed by atoms with Crippen LogP contribution in [0.1, 0.15) is 40.0 Å². The topological polar surface area (TPSA) is 78.9 Å². The third-order valence-electron chi connectivity index (χ3n) is 4.87. The first-order valence-corrected chi connectivity index (χ1v) is 7.61. The molecule has 0 radical (unpaired) electrons. The van der Waals surface area contributed by atoms with Gasteiger partial charge in [0.15, 0.2) is 0 Å². The first-order valence-electron chi connectivity index (χ1n) is 7.61. The molecule has 2 heterocycles. The van der Waals surface area contributed by atoms with Crippen molar-refractivity contribution in [2.45, 2.75) is 46.1 Å². The minimum atomic E-state index is -1.04. The molecule has 21 heavy (non-hydrogen) atoms. The first kappa shape index (κ1) is 16.1. The van der Waals surface area contributed by atoms with Crippen molar-refractivity contribution < 1.29 is 19.4 Å². The molecule has 2 atom stereocenters.